The highest BCUT2D eigenvalue weighted by Crippen LogP contribution is 2.15. The molecular formula is C16H17Cl2N3O2. The molecule has 0 amide bonds. The second-order valence-electron chi connectivity index (χ2n) is 5.08. The molecule has 0 aliphatic rings. The lowest BCUT2D eigenvalue weighted by Gasteiger charge is -2.15. The van der Waals surface area contributed by atoms with Crippen LogP contribution in [0.1, 0.15) is 16.8 Å². The van der Waals surface area contributed by atoms with E-state index in [1.165, 1.54) is 0 Å². The normalized spacial score (nSPS) is 12.0. The first-order valence-corrected chi connectivity index (χ1v) is 7.81. The predicted molar refractivity (Wildman–Crippen MR) is 89.6 cm³/mol. The van der Waals surface area contributed by atoms with E-state index in [0.717, 1.165) is 11.3 Å². The summed E-state index contributed by atoms with van der Waals surface area (Å²) < 4.78 is 5.32. The first kappa shape index (κ1) is 17.7. The number of aryl methyl sites for hydroxylation is 1. The second kappa shape index (κ2) is 8.24. The van der Waals surface area contributed by atoms with Gasteiger partial charge in [0.1, 0.15) is 23.0 Å². The molecular weight excluding hydrogens is 337 g/mol. The van der Waals surface area contributed by atoms with E-state index in [0.29, 0.717) is 12.0 Å². The number of ether oxygens (including phenoxy) is 1. The third-order valence-electron chi connectivity index (χ3n) is 3.25. The summed E-state index contributed by atoms with van der Waals surface area (Å²) in [5.41, 5.74) is 2.58. The summed E-state index contributed by atoms with van der Waals surface area (Å²) >= 11 is 11.6. The molecule has 0 fully saturated rings. The summed E-state index contributed by atoms with van der Waals surface area (Å²) in [5, 5.41) is 3.48. The average molecular weight is 354 g/mol. The lowest BCUT2D eigenvalue weighted by Crippen LogP contribution is -2.37. The first-order valence-electron chi connectivity index (χ1n) is 7.05. The SMILES string of the molecule is CN[C@@H](Cc1ccc(C)nc1)C(=O)OCc1cc(Cl)nc(Cl)c1. The molecule has 0 unspecified atom stereocenters. The van der Waals surface area contributed by atoms with Gasteiger partial charge >= 0.3 is 5.97 Å². The number of hydrogen-bond acceptors (Lipinski definition) is 5. The number of aromatic nitrogens is 2. The minimum atomic E-state index is -0.452. The van der Waals surface area contributed by atoms with Crippen molar-refractivity contribution >= 4 is 29.2 Å². The van der Waals surface area contributed by atoms with Crippen LogP contribution in [0.5, 0.6) is 0 Å². The topological polar surface area (TPSA) is 64.1 Å². The van der Waals surface area contributed by atoms with Crippen LogP contribution in [-0.2, 0) is 22.6 Å². The highest BCUT2D eigenvalue weighted by molar-refractivity contribution is 6.32. The maximum atomic E-state index is 12.2. The summed E-state index contributed by atoms with van der Waals surface area (Å²) in [7, 11) is 1.72. The molecule has 0 aromatic carbocycles. The van der Waals surface area contributed by atoms with Gasteiger partial charge in [-0.25, -0.2) is 4.98 Å². The van der Waals surface area contributed by atoms with Crippen LogP contribution in [0.4, 0.5) is 0 Å². The monoisotopic (exact) mass is 353 g/mol. The van der Waals surface area contributed by atoms with Gasteiger partial charge in [-0.2, -0.15) is 0 Å². The average Bonchev–Trinajstić information content (AvgIpc) is 2.51. The van der Waals surface area contributed by atoms with E-state index in [1.807, 2.05) is 19.1 Å². The van der Waals surface area contributed by atoms with Gasteiger partial charge in [0.05, 0.1) is 0 Å². The lowest BCUT2D eigenvalue weighted by atomic mass is 10.1. The van der Waals surface area contributed by atoms with Crippen molar-refractivity contribution < 1.29 is 9.53 Å². The number of nitrogens with zero attached hydrogens (tertiary/aromatic N) is 2. The summed E-state index contributed by atoms with van der Waals surface area (Å²) in [5.74, 6) is -0.350. The Balaban J connectivity index is 1.95. The van der Waals surface area contributed by atoms with Crippen molar-refractivity contribution in [2.45, 2.75) is 26.0 Å². The Kier molecular flexibility index (Phi) is 6.33. The number of likely N-dealkylation sites (N-methyl/N-ethyl adjacent to an activating group) is 1. The fourth-order valence-corrected chi connectivity index (χ4v) is 2.52. The van der Waals surface area contributed by atoms with Crippen LogP contribution in [0.25, 0.3) is 0 Å². The van der Waals surface area contributed by atoms with Crippen LogP contribution in [0.15, 0.2) is 30.5 Å². The standard InChI is InChI=1S/C16H17Cl2N3O2/c1-10-3-4-11(8-20-10)5-13(19-2)16(22)23-9-12-6-14(17)21-15(18)7-12/h3-4,6-8,13,19H,5,9H2,1-2H3/t13-/m0/s1. The van der Waals surface area contributed by atoms with Gasteiger partial charge in [-0.15, -0.1) is 0 Å². The summed E-state index contributed by atoms with van der Waals surface area (Å²) in [6.45, 7) is 2.00. The van der Waals surface area contributed by atoms with Crippen LogP contribution in [0.2, 0.25) is 10.3 Å². The Labute approximate surface area is 145 Å². The van der Waals surface area contributed by atoms with Crippen molar-refractivity contribution in [3.05, 3.63) is 57.6 Å². The number of hydrogen-bond donors (Lipinski definition) is 1. The number of carbonyl (C=O) groups excluding carboxylic acids is 1. The molecule has 2 heterocycles. The third-order valence-corrected chi connectivity index (χ3v) is 3.64. The first-order chi connectivity index (χ1) is 11.0. The van der Waals surface area contributed by atoms with Crippen molar-refractivity contribution in [3.63, 3.8) is 0 Å². The molecule has 0 spiro atoms. The van der Waals surface area contributed by atoms with Crippen molar-refractivity contribution in [3.8, 4) is 0 Å². The molecule has 2 aromatic heterocycles. The number of rotatable bonds is 6. The van der Waals surface area contributed by atoms with Gasteiger partial charge in [-0.3, -0.25) is 9.78 Å². The molecule has 0 aliphatic carbocycles. The van der Waals surface area contributed by atoms with Crippen LogP contribution >= 0.6 is 23.2 Å². The number of carbonyl (C=O) groups is 1. The molecule has 2 rings (SSSR count). The van der Waals surface area contributed by atoms with Crippen molar-refractivity contribution in [1.82, 2.24) is 15.3 Å². The van der Waals surface area contributed by atoms with Crippen LogP contribution in [-0.4, -0.2) is 29.0 Å². The van der Waals surface area contributed by atoms with E-state index in [9.17, 15) is 4.79 Å². The van der Waals surface area contributed by atoms with Crippen LogP contribution < -0.4 is 5.32 Å². The fourth-order valence-electron chi connectivity index (χ4n) is 2.01. The quantitative estimate of drug-likeness (QED) is 0.638. The van der Waals surface area contributed by atoms with Gasteiger partial charge in [0.2, 0.25) is 0 Å². The molecule has 1 N–H and O–H groups in total. The molecule has 2 aromatic rings. The largest absolute Gasteiger partial charge is 0.460 e. The zero-order chi connectivity index (χ0) is 16.8. The maximum Gasteiger partial charge on any atom is 0.323 e. The number of esters is 1. The Morgan fingerprint density at radius 1 is 1.26 bits per heavy atom. The van der Waals surface area contributed by atoms with E-state index >= 15 is 0 Å². The van der Waals surface area contributed by atoms with E-state index in [1.54, 1.807) is 25.4 Å². The Hall–Kier alpha value is -1.69. The Morgan fingerprint density at radius 2 is 1.96 bits per heavy atom. The van der Waals surface area contributed by atoms with Gasteiger partial charge in [-0.05, 0) is 49.7 Å². The highest BCUT2D eigenvalue weighted by atomic mass is 35.5. The third kappa shape index (κ3) is 5.46. The smallest absolute Gasteiger partial charge is 0.323 e. The second-order valence-corrected chi connectivity index (χ2v) is 5.86. The van der Waals surface area contributed by atoms with E-state index in [4.69, 9.17) is 27.9 Å². The molecule has 0 saturated carbocycles. The molecule has 0 saturated heterocycles. The summed E-state index contributed by atoms with van der Waals surface area (Å²) in [6.07, 6.45) is 2.26. The van der Waals surface area contributed by atoms with Crippen molar-refractivity contribution in [1.29, 1.82) is 0 Å². The van der Waals surface area contributed by atoms with Crippen molar-refractivity contribution in [2.24, 2.45) is 0 Å². The summed E-state index contributed by atoms with van der Waals surface area (Å²) in [4.78, 5) is 20.3. The summed E-state index contributed by atoms with van der Waals surface area (Å²) in [6, 6.07) is 6.63. The molecule has 0 radical (unpaired) electrons. The zero-order valence-electron chi connectivity index (χ0n) is 12.8. The highest BCUT2D eigenvalue weighted by Gasteiger charge is 2.19. The van der Waals surface area contributed by atoms with E-state index in [-0.39, 0.29) is 22.9 Å². The van der Waals surface area contributed by atoms with Gasteiger partial charge in [0.25, 0.3) is 0 Å². The molecule has 7 heteroatoms. The number of halogens is 2. The van der Waals surface area contributed by atoms with Crippen LogP contribution in [0, 0.1) is 6.92 Å². The molecule has 1 atom stereocenters. The molecule has 23 heavy (non-hydrogen) atoms. The van der Waals surface area contributed by atoms with E-state index < -0.39 is 6.04 Å². The molecule has 122 valence electrons. The Bertz CT molecular complexity index is 657. The lowest BCUT2D eigenvalue weighted by molar-refractivity contribution is -0.147. The molecule has 5 nitrogen and oxygen atoms in total. The Morgan fingerprint density at radius 3 is 2.52 bits per heavy atom. The number of nitrogens with one attached hydrogen (secondary N) is 1. The zero-order valence-corrected chi connectivity index (χ0v) is 14.4. The van der Waals surface area contributed by atoms with Gasteiger partial charge in [0, 0.05) is 11.9 Å². The molecule has 0 aliphatic heterocycles. The number of pyridine rings is 2. The van der Waals surface area contributed by atoms with Gasteiger partial charge < -0.3 is 10.1 Å². The van der Waals surface area contributed by atoms with Crippen molar-refractivity contribution in [2.75, 3.05) is 7.05 Å². The van der Waals surface area contributed by atoms with Gasteiger partial charge in [0.15, 0.2) is 0 Å². The van der Waals surface area contributed by atoms with Crippen LogP contribution in [0.3, 0.4) is 0 Å². The minimum absolute atomic E-state index is 0.0884. The fraction of sp³-hybridized carbons (Fsp3) is 0.312. The van der Waals surface area contributed by atoms with E-state index in [2.05, 4.69) is 15.3 Å². The molecule has 0 bridgehead atoms. The minimum Gasteiger partial charge on any atom is -0.460 e. The maximum absolute atomic E-state index is 12.2. The predicted octanol–water partition coefficient (Wildman–Crippen LogP) is 2.97. The van der Waals surface area contributed by atoms with Gasteiger partial charge in [-0.1, -0.05) is 29.3 Å².